The number of hydrogen-bond donors (Lipinski definition) is 2. The average Bonchev–Trinajstić information content (AvgIpc) is 2.16. The highest BCUT2D eigenvalue weighted by molar-refractivity contribution is 5.23. The van der Waals surface area contributed by atoms with Crippen LogP contribution in [0, 0.1) is 6.92 Å². The predicted octanol–water partition coefficient (Wildman–Crippen LogP) is 0.931. The Bertz CT molecular complexity index is 297. The molecule has 1 atom stereocenters. The van der Waals surface area contributed by atoms with Crippen molar-refractivity contribution in [1.29, 1.82) is 0 Å². The lowest BCUT2D eigenvalue weighted by molar-refractivity contribution is 0.338. The smallest absolute Gasteiger partial charge is 0.0377 e. The van der Waals surface area contributed by atoms with Crippen LogP contribution in [0.4, 0.5) is 0 Å². The van der Waals surface area contributed by atoms with Gasteiger partial charge in [0.15, 0.2) is 0 Å². The molecular weight excluding hydrogens is 186 g/mol. The molecule has 1 aromatic rings. The third-order valence-corrected chi connectivity index (χ3v) is 2.39. The van der Waals surface area contributed by atoms with Crippen molar-refractivity contribution >= 4 is 0 Å². The normalized spacial score (nSPS) is 13.1. The van der Waals surface area contributed by atoms with E-state index in [-0.39, 0.29) is 0 Å². The fourth-order valence-corrected chi connectivity index (χ4v) is 1.74. The molecule has 3 N–H and O–H groups in total. The maximum Gasteiger partial charge on any atom is 0.0377 e. The average molecular weight is 207 g/mol. The lowest BCUT2D eigenvalue weighted by Crippen LogP contribution is -2.43. The van der Waals surface area contributed by atoms with Crippen LogP contribution in [0.1, 0.15) is 11.1 Å². The van der Waals surface area contributed by atoms with Gasteiger partial charge in [-0.15, -0.1) is 0 Å². The maximum atomic E-state index is 5.53. The highest BCUT2D eigenvalue weighted by Crippen LogP contribution is 2.06. The molecule has 1 rings (SSSR count). The summed E-state index contributed by atoms with van der Waals surface area (Å²) < 4.78 is 0. The van der Waals surface area contributed by atoms with E-state index in [1.165, 1.54) is 11.1 Å². The lowest BCUT2D eigenvalue weighted by atomic mass is 10.0. The molecule has 3 heteroatoms. The third-order valence-electron chi connectivity index (χ3n) is 2.39. The molecule has 0 spiro atoms. The third kappa shape index (κ3) is 4.42. The number of rotatable bonds is 5. The molecule has 1 unspecified atom stereocenters. The largest absolute Gasteiger partial charge is 0.308 e. The summed E-state index contributed by atoms with van der Waals surface area (Å²) in [5.74, 6) is 5.53. The first-order valence-corrected chi connectivity index (χ1v) is 5.28. The summed E-state index contributed by atoms with van der Waals surface area (Å²) in [5.41, 5.74) is 5.49. The van der Waals surface area contributed by atoms with Gasteiger partial charge >= 0.3 is 0 Å². The Morgan fingerprint density at radius 2 is 2.13 bits per heavy atom. The summed E-state index contributed by atoms with van der Waals surface area (Å²) in [6, 6.07) is 8.86. The summed E-state index contributed by atoms with van der Waals surface area (Å²) in [6.45, 7) is 3.06. The second kappa shape index (κ2) is 5.85. The molecular formula is C12H21N3. The number of nitrogens with two attached hydrogens (primary N) is 1. The fourth-order valence-electron chi connectivity index (χ4n) is 1.74. The van der Waals surface area contributed by atoms with Crippen LogP contribution < -0.4 is 11.3 Å². The summed E-state index contributed by atoms with van der Waals surface area (Å²) in [7, 11) is 4.11. The molecule has 0 bridgehead atoms. The number of hydrogen-bond acceptors (Lipinski definition) is 3. The summed E-state index contributed by atoms with van der Waals surface area (Å²) in [4.78, 5) is 2.14. The zero-order valence-corrected chi connectivity index (χ0v) is 9.83. The predicted molar refractivity (Wildman–Crippen MR) is 64.5 cm³/mol. The molecule has 0 saturated carbocycles. The molecule has 0 aliphatic heterocycles. The minimum absolute atomic E-state index is 0.307. The Balaban J connectivity index is 2.58. The van der Waals surface area contributed by atoms with Crippen molar-refractivity contribution in [2.45, 2.75) is 19.4 Å². The first-order valence-electron chi connectivity index (χ1n) is 5.28. The molecule has 15 heavy (non-hydrogen) atoms. The lowest BCUT2D eigenvalue weighted by Gasteiger charge is -2.20. The fraction of sp³-hybridized carbons (Fsp3) is 0.500. The molecule has 0 aromatic heterocycles. The van der Waals surface area contributed by atoms with Crippen LogP contribution in [0.25, 0.3) is 0 Å². The Hall–Kier alpha value is -0.900. The molecule has 1 aromatic carbocycles. The van der Waals surface area contributed by atoms with E-state index in [0.29, 0.717) is 6.04 Å². The van der Waals surface area contributed by atoms with Gasteiger partial charge in [0.1, 0.15) is 0 Å². The zero-order chi connectivity index (χ0) is 11.3. The molecule has 0 amide bonds. The highest BCUT2D eigenvalue weighted by Gasteiger charge is 2.08. The number of nitrogens with zero attached hydrogens (tertiary/aromatic N) is 1. The van der Waals surface area contributed by atoms with Crippen LogP contribution in [0.3, 0.4) is 0 Å². The van der Waals surface area contributed by atoms with E-state index in [2.05, 4.69) is 55.6 Å². The number of hydrazine groups is 1. The topological polar surface area (TPSA) is 41.3 Å². The van der Waals surface area contributed by atoms with Crippen molar-refractivity contribution < 1.29 is 0 Å². The van der Waals surface area contributed by atoms with E-state index in [1.54, 1.807) is 0 Å². The molecule has 0 saturated heterocycles. The first kappa shape index (κ1) is 12.2. The van der Waals surface area contributed by atoms with Crippen LogP contribution in [0.2, 0.25) is 0 Å². The summed E-state index contributed by atoms with van der Waals surface area (Å²) in [5, 5.41) is 0. The van der Waals surface area contributed by atoms with Crippen LogP contribution in [-0.2, 0) is 6.42 Å². The quantitative estimate of drug-likeness (QED) is 0.557. The zero-order valence-electron chi connectivity index (χ0n) is 9.83. The van der Waals surface area contributed by atoms with Crippen molar-refractivity contribution in [2.75, 3.05) is 20.6 Å². The minimum Gasteiger partial charge on any atom is -0.308 e. The summed E-state index contributed by atoms with van der Waals surface area (Å²) >= 11 is 0. The van der Waals surface area contributed by atoms with E-state index < -0.39 is 0 Å². The minimum atomic E-state index is 0.307. The van der Waals surface area contributed by atoms with Gasteiger partial charge in [-0.2, -0.15) is 0 Å². The first-order chi connectivity index (χ1) is 7.11. The maximum absolute atomic E-state index is 5.53. The van der Waals surface area contributed by atoms with Crippen LogP contribution >= 0.6 is 0 Å². The molecule has 84 valence electrons. The van der Waals surface area contributed by atoms with Gasteiger partial charge in [-0.3, -0.25) is 11.3 Å². The van der Waals surface area contributed by atoms with E-state index in [4.69, 9.17) is 5.84 Å². The van der Waals surface area contributed by atoms with Gasteiger partial charge in [-0.1, -0.05) is 29.8 Å². The Morgan fingerprint density at radius 3 is 2.67 bits per heavy atom. The second-order valence-electron chi connectivity index (χ2n) is 4.32. The van der Waals surface area contributed by atoms with E-state index in [0.717, 1.165) is 13.0 Å². The molecule has 0 fully saturated rings. The Labute approximate surface area is 92.2 Å². The number of aryl methyl sites for hydroxylation is 1. The second-order valence-corrected chi connectivity index (χ2v) is 4.32. The molecule has 0 heterocycles. The monoisotopic (exact) mass is 207 g/mol. The Morgan fingerprint density at radius 1 is 1.40 bits per heavy atom. The van der Waals surface area contributed by atoms with Gasteiger partial charge in [-0.05, 0) is 33.0 Å². The number of likely N-dealkylation sites (N-methyl/N-ethyl adjacent to an activating group) is 1. The number of benzene rings is 1. The molecule has 0 aliphatic rings. The van der Waals surface area contributed by atoms with Crippen LogP contribution in [0.5, 0.6) is 0 Å². The number of nitrogens with one attached hydrogen (secondary N) is 1. The van der Waals surface area contributed by atoms with Crippen LogP contribution in [-0.4, -0.2) is 31.6 Å². The van der Waals surface area contributed by atoms with Crippen molar-refractivity contribution in [3.8, 4) is 0 Å². The standard InChI is InChI=1S/C12H21N3/c1-10-5-4-6-11(7-10)8-12(14-13)9-15(2)3/h4-7,12,14H,8-9,13H2,1-3H3. The van der Waals surface area contributed by atoms with Crippen molar-refractivity contribution in [1.82, 2.24) is 10.3 Å². The van der Waals surface area contributed by atoms with Gasteiger partial charge in [0.2, 0.25) is 0 Å². The SMILES string of the molecule is Cc1cccc(CC(CN(C)C)NN)c1. The van der Waals surface area contributed by atoms with Crippen molar-refractivity contribution in [2.24, 2.45) is 5.84 Å². The van der Waals surface area contributed by atoms with E-state index in [9.17, 15) is 0 Å². The highest BCUT2D eigenvalue weighted by atomic mass is 15.3. The summed E-state index contributed by atoms with van der Waals surface area (Å²) in [6.07, 6.45) is 0.969. The molecule has 0 aliphatic carbocycles. The van der Waals surface area contributed by atoms with Crippen molar-refractivity contribution in [3.05, 3.63) is 35.4 Å². The Kier molecular flexibility index (Phi) is 4.75. The van der Waals surface area contributed by atoms with E-state index >= 15 is 0 Å². The van der Waals surface area contributed by atoms with Crippen molar-refractivity contribution in [3.63, 3.8) is 0 Å². The van der Waals surface area contributed by atoms with Gasteiger partial charge in [0, 0.05) is 12.6 Å². The molecule has 3 nitrogen and oxygen atoms in total. The van der Waals surface area contributed by atoms with Gasteiger partial charge in [-0.25, -0.2) is 0 Å². The van der Waals surface area contributed by atoms with E-state index in [1.807, 2.05) is 0 Å². The van der Waals surface area contributed by atoms with Gasteiger partial charge in [0.05, 0.1) is 0 Å². The van der Waals surface area contributed by atoms with Gasteiger partial charge < -0.3 is 4.90 Å². The van der Waals surface area contributed by atoms with Gasteiger partial charge in [0.25, 0.3) is 0 Å². The van der Waals surface area contributed by atoms with Crippen LogP contribution in [0.15, 0.2) is 24.3 Å². The molecule has 0 radical (unpaired) electrons.